The molecule has 3 N–H and O–H groups in total. The largest absolute Gasteiger partial charge is 0.351 e. The van der Waals surface area contributed by atoms with Crippen LogP contribution in [0.5, 0.6) is 0 Å². The van der Waals surface area contributed by atoms with Crippen molar-refractivity contribution in [3.05, 3.63) is 50.6 Å². The first kappa shape index (κ1) is 24.7. The molecule has 2 aliphatic rings. The number of carbonyl (C=O) groups excluding carboxylic acids is 3. The van der Waals surface area contributed by atoms with Crippen LogP contribution < -0.4 is 10.6 Å². The van der Waals surface area contributed by atoms with Crippen molar-refractivity contribution in [2.75, 3.05) is 27.7 Å². The third-order valence-electron chi connectivity index (χ3n) is 6.93. The van der Waals surface area contributed by atoms with E-state index in [-0.39, 0.29) is 23.6 Å². The number of hydrogen-bond acceptors (Lipinski definition) is 6. The molecule has 2 aromatic heterocycles. The molecule has 1 fully saturated rings. The van der Waals surface area contributed by atoms with Crippen molar-refractivity contribution in [3.63, 3.8) is 0 Å². The van der Waals surface area contributed by atoms with Crippen LogP contribution in [0.15, 0.2) is 24.3 Å². The van der Waals surface area contributed by atoms with E-state index in [2.05, 4.69) is 32.5 Å². The molecule has 9 nitrogen and oxygen atoms in total. The lowest BCUT2D eigenvalue weighted by atomic mass is 10.1. The SMILES string of the molecule is CN1CCc2nc(C(=O)N[C@@H]3CC(C(=O)N(C)C)CC3NC(=O)c3cc4cc(Cl)ccc4[nH]3)sc2C1. The van der Waals surface area contributed by atoms with Gasteiger partial charge in [0.05, 0.1) is 17.8 Å². The number of nitrogens with one attached hydrogen (secondary N) is 3. The fraction of sp³-hybridized carbons (Fsp3) is 0.440. The van der Waals surface area contributed by atoms with E-state index >= 15 is 0 Å². The minimum absolute atomic E-state index is 0.0148. The zero-order valence-electron chi connectivity index (χ0n) is 20.4. The van der Waals surface area contributed by atoms with E-state index in [1.54, 1.807) is 37.2 Å². The molecule has 2 unspecified atom stereocenters. The number of carbonyl (C=O) groups is 3. The average Bonchev–Trinajstić information content (AvgIpc) is 3.54. The number of likely N-dealkylation sites (N-methyl/N-ethyl adjacent to an activating group) is 1. The van der Waals surface area contributed by atoms with Gasteiger partial charge < -0.3 is 25.4 Å². The Morgan fingerprint density at radius 1 is 1.14 bits per heavy atom. The van der Waals surface area contributed by atoms with Crippen LogP contribution >= 0.6 is 22.9 Å². The Labute approximate surface area is 218 Å². The van der Waals surface area contributed by atoms with Gasteiger partial charge in [0.25, 0.3) is 11.8 Å². The summed E-state index contributed by atoms with van der Waals surface area (Å²) < 4.78 is 0. The average molecular weight is 529 g/mol. The van der Waals surface area contributed by atoms with Crippen molar-refractivity contribution < 1.29 is 14.4 Å². The van der Waals surface area contributed by atoms with Gasteiger partial charge in [-0.3, -0.25) is 14.4 Å². The molecule has 36 heavy (non-hydrogen) atoms. The van der Waals surface area contributed by atoms with Crippen LogP contribution in [-0.4, -0.2) is 77.3 Å². The topological polar surface area (TPSA) is 110 Å². The Hall–Kier alpha value is -2.95. The number of aromatic amines is 1. The van der Waals surface area contributed by atoms with E-state index < -0.39 is 12.1 Å². The minimum Gasteiger partial charge on any atom is -0.351 e. The lowest BCUT2D eigenvalue weighted by Crippen LogP contribution is -2.48. The summed E-state index contributed by atoms with van der Waals surface area (Å²) in [6.45, 7) is 1.71. The first-order valence-electron chi connectivity index (χ1n) is 12.0. The molecule has 0 bridgehead atoms. The number of fused-ring (bicyclic) bond motifs is 2. The maximum atomic E-state index is 13.2. The number of thiazole rings is 1. The van der Waals surface area contributed by atoms with Gasteiger partial charge in [-0.05, 0) is 44.2 Å². The first-order chi connectivity index (χ1) is 17.2. The number of hydrogen-bond donors (Lipinski definition) is 3. The summed E-state index contributed by atoms with van der Waals surface area (Å²) in [5.74, 6) is -0.869. The molecule has 3 aromatic rings. The van der Waals surface area contributed by atoms with Crippen molar-refractivity contribution in [1.29, 1.82) is 0 Å². The van der Waals surface area contributed by atoms with Gasteiger partial charge in [0.15, 0.2) is 5.01 Å². The maximum Gasteiger partial charge on any atom is 0.280 e. The fourth-order valence-electron chi connectivity index (χ4n) is 5.05. The molecule has 0 radical (unpaired) electrons. The Morgan fingerprint density at radius 2 is 1.86 bits per heavy atom. The van der Waals surface area contributed by atoms with Crippen LogP contribution in [0.3, 0.4) is 0 Å². The highest BCUT2D eigenvalue weighted by atomic mass is 35.5. The van der Waals surface area contributed by atoms with Crippen LogP contribution in [0.25, 0.3) is 10.9 Å². The highest BCUT2D eigenvalue weighted by molar-refractivity contribution is 7.13. The third kappa shape index (κ3) is 4.98. The van der Waals surface area contributed by atoms with Crippen LogP contribution in [-0.2, 0) is 17.8 Å². The van der Waals surface area contributed by atoms with Crippen molar-refractivity contribution in [3.8, 4) is 0 Å². The number of rotatable bonds is 5. The number of nitrogens with zero attached hydrogens (tertiary/aromatic N) is 3. The summed E-state index contributed by atoms with van der Waals surface area (Å²) in [6, 6.07) is 6.34. The third-order valence-corrected chi connectivity index (χ3v) is 8.25. The summed E-state index contributed by atoms with van der Waals surface area (Å²) >= 11 is 7.49. The Balaban J connectivity index is 1.33. The van der Waals surface area contributed by atoms with Gasteiger partial charge >= 0.3 is 0 Å². The standard InChI is InChI=1S/C25H29ClN6O3S/c1-31(2)25(35)14-10-18(28-22(33)20-9-13-8-15(26)4-5-16(13)27-20)19(11-14)29-23(34)24-30-17-6-7-32(3)12-21(17)36-24/h4-5,8-9,14,18-19,27H,6-7,10-12H2,1-3H3,(H,28,33)(H,29,34)/t14?,18?,19-/m1/s1. The molecule has 3 heterocycles. The van der Waals surface area contributed by atoms with Crippen LogP contribution in [0.2, 0.25) is 5.02 Å². The molecule has 5 rings (SSSR count). The van der Waals surface area contributed by atoms with Gasteiger partial charge in [0.1, 0.15) is 5.69 Å². The van der Waals surface area contributed by atoms with Crippen LogP contribution in [0.1, 0.15) is 43.7 Å². The molecule has 3 atom stereocenters. The fourth-order valence-corrected chi connectivity index (χ4v) is 6.32. The molecule has 1 saturated carbocycles. The van der Waals surface area contributed by atoms with Crippen LogP contribution in [0.4, 0.5) is 0 Å². The summed E-state index contributed by atoms with van der Waals surface area (Å²) in [7, 11) is 5.49. The van der Waals surface area contributed by atoms with Gasteiger partial charge in [-0.2, -0.15) is 0 Å². The van der Waals surface area contributed by atoms with Crippen LogP contribution in [0, 0.1) is 5.92 Å². The number of aromatic nitrogens is 2. The van der Waals surface area contributed by atoms with E-state index in [1.165, 1.54) is 11.3 Å². The second-order valence-electron chi connectivity index (χ2n) is 9.85. The Morgan fingerprint density at radius 3 is 2.58 bits per heavy atom. The normalized spacial score (nSPS) is 21.8. The number of H-pyrrole nitrogens is 1. The molecule has 0 saturated heterocycles. The molecule has 190 valence electrons. The highest BCUT2D eigenvalue weighted by Crippen LogP contribution is 2.30. The monoisotopic (exact) mass is 528 g/mol. The lowest BCUT2D eigenvalue weighted by Gasteiger charge is -2.21. The maximum absolute atomic E-state index is 13.2. The van der Waals surface area contributed by atoms with Crippen molar-refractivity contribution in [2.24, 2.45) is 5.92 Å². The van der Waals surface area contributed by atoms with Gasteiger partial charge in [0.2, 0.25) is 5.91 Å². The molecule has 0 spiro atoms. The van der Waals surface area contributed by atoms with Crippen molar-refractivity contribution in [1.82, 2.24) is 30.4 Å². The van der Waals surface area contributed by atoms with Gasteiger partial charge in [-0.15, -0.1) is 11.3 Å². The predicted molar refractivity (Wildman–Crippen MR) is 139 cm³/mol. The highest BCUT2D eigenvalue weighted by Gasteiger charge is 2.40. The zero-order valence-corrected chi connectivity index (χ0v) is 22.0. The molecular weight excluding hydrogens is 500 g/mol. The molecular formula is C25H29ClN6O3S. The molecule has 11 heteroatoms. The number of halogens is 1. The smallest absolute Gasteiger partial charge is 0.280 e. The van der Waals surface area contributed by atoms with Gasteiger partial charge in [0, 0.05) is 60.3 Å². The first-order valence-corrected chi connectivity index (χ1v) is 13.2. The molecule has 1 aromatic carbocycles. The Bertz CT molecular complexity index is 1330. The summed E-state index contributed by atoms with van der Waals surface area (Å²) in [5.41, 5.74) is 2.19. The summed E-state index contributed by atoms with van der Waals surface area (Å²) in [5, 5.41) is 7.96. The molecule has 1 aliphatic carbocycles. The van der Waals surface area contributed by atoms with E-state index in [0.29, 0.717) is 28.6 Å². The summed E-state index contributed by atoms with van der Waals surface area (Å²) in [4.78, 5) is 51.6. The second kappa shape index (κ2) is 9.84. The molecule has 1 aliphatic heterocycles. The second-order valence-corrected chi connectivity index (χ2v) is 11.4. The number of amides is 3. The zero-order chi connectivity index (χ0) is 25.6. The van der Waals surface area contributed by atoms with E-state index in [9.17, 15) is 14.4 Å². The number of benzene rings is 1. The minimum atomic E-state index is -0.397. The predicted octanol–water partition coefficient (Wildman–Crippen LogP) is 2.66. The van der Waals surface area contributed by atoms with Crippen molar-refractivity contribution >= 4 is 51.6 Å². The van der Waals surface area contributed by atoms with Gasteiger partial charge in [-0.1, -0.05) is 11.6 Å². The Kier molecular flexibility index (Phi) is 6.76. The van der Waals surface area contributed by atoms with Gasteiger partial charge in [-0.25, -0.2) is 4.98 Å². The summed E-state index contributed by atoms with van der Waals surface area (Å²) in [6.07, 6.45) is 1.72. The van der Waals surface area contributed by atoms with E-state index in [0.717, 1.165) is 41.0 Å². The quantitative estimate of drug-likeness (QED) is 0.471. The van der Waals surface area contributed by atoms with Crippen molar-refractivity contribution in [2.45, 2.75) is 37.9 Å². The van der Waals surface area contributed by atoms with E-state index in [4.69, 9.17) is 11.6 Å². The lowest BCUT2D eigenvalue weighted by molar-refractivity contribution is -0.132. The molecule has 3 amide bonds. The van der Waals surface area contributed by atoms with E-state index in [1.807, 2.05) is 6.07 Å².